The van der Waals surface area contributed by atoms with Gasteiger partial charge >= 0.3 is 0 Å². The molecule has 0 saturated carbocycles. The lowest BCUT2D eigenvalue weighted by Crippen LogP contribution is -1.96. The van der Waals surface area contributed by atoms with Crippen LogP contribution in [-0.4, -0.2) is 12.2 Å². The van der Waals surface area contributed by atoms with Gasteiger partial charge in [-0.2, -0.15) is 9.98 Å². The topological polar surface area (TPSA) is 58.9 Å². The summed E-state index contributed by atoms with van der Waals surface area (Å²) in [6.45, 7) is 2.02. The van der Waals surface area contributed by atoms with Crippen molar-refractivity contribution >= 4 is 23.5 Å². The summed E-state index contributed by atoms with van der Waals surface area (Å²) >= 11 is 0. The summed E-state index contributed by atoms with van der Waals surface area (Å²) in [5, 5.41) is 0. The van der Waals surface area contributed by atoms with Gasteiger partial charge in [-0.3, -0.25) is 0 Å². The summed E-state index contributed by atoms with van der Waals surface area (Å²) in [5.74, 6) is 0.0672. The molecule has 4 heteroatoms. The van der Waals surface area contributed by atoms with E-state index in [1.807, 2.05) is 43.3 Å². The van der Waals surface area contributed by atoms with E-state index in [2.05, 4.69) is 9.98 Å². The van der Waals surface area contributed by atoms with Gasteiger partial charge in [0.2, 0.25) is 12.2 Å². The Hall–Kier alpha value is -2.80. The summed E-state index contributed by atoms with van der Waals surface area (Å²) in [4.78, 5) is 28.1. The molecule has 98 valence electrons. The summed E-state index contributed by atoms with van der Waals surface area (Å²) in [7, 11) is 0. The second-order valence-corrected chi connectivity index (χ2v) is 4.28. The molecule has 0 aromatic heterocycles. The van der Waals surface area contributed by atoms with Gasteiger partial charge < -0.3 is 0 Å². The molecular formula is C16H12N2O2. The molecule has 2 aromatic rings. The lowest BCUT2D eigenvalue weighted by atomic mass is 9.92. The van der Waals surface area contributed by atoms with Crippen molar-refractivity contribution in [3.8, 4) is 0 Å². The third-order valence-corrected chi connectivity index (χ3v) is 3.12. The Kier molecular flexibility index (Phi) is 4.35. The van der Waals surface area contributed by atoms with Crippen LogP contribution in [0.1, 0.15) is 24.0 Å². The van der Waals surface area contributed by atoms with Crippen LogP contribution in [0.2, 0.25) is 0 Å². The molecule has 0 N–H and O–H groups in total. The van der Waals surface area contributed by atoms with Crippen LogP contribution >= 0.6 is 0 Å². The standard InChI is InChI=1S/C16H12N2O2/c1-12(13-5-3-2-4-6-13)15-8-7-14(17-10-19)9-16(15)18-11-20/h2-9,12H,1H3. The van der Waals surface area contributed by atoms with Crippen LogP contribution < -0.4 is 0 Å². The molecule has 0 amide bonds. The van der Waals surface area contributed by atoms with E-state index in [4.69, 9.17) is 0 Å². The fraction of sp³-hybridized carbons (Fsp3) is 0.125. The summed E-state index contributed by atoms with van der Waals surface area (Å²) in [6, 6.07) is 15.0. The molecule has 20 heavy (non-hydrogen) atoms. The second kappa shape index (κ2) is 6.39. The van der Waals surface area contributed by atoms with Crippen LogP contribution in [0.15, 0.2) is 58.5 Å². The molecule has 4 nitrogen and oxygen atoms in total. The summed E-state index contributed by atoms with van der Waals surface area (Å²) < 4.78 is 0. The number of rotatable bonds is 4. The molecule has 0 radical (unpaired) electrons. The molecule has 0 fully saturated rings. The predicted octanol–water partition coefficient (Wildman–Crippen LogP) is 3.77. The fourth-order valence-corrected chi connectivity index (χ4v) is 2.09. The van der Waals surface area contributed by atoms with Crippen LogP contribution in [0, 0.1) is 0 Å². The van der Waals surface area contributed by atoms with Crippen molar-refractivity contribution in [1.29, 1.82) is 0 Å². The van der Waals surface area contributed by atoms with E-state index in [1.165, 1.54) is 12.2 Å². The monoisotopic (exact) mass is 264 g/mol. The van der Waals surface area contributed by atoms with Crippen LogP contribution in [0.4, 0.5) is 11.4 Å². The maximum Gasteiger partial charge on any atom is 0.240 e. The van der Waals surface area contributed by atoms with Crippen molar-refractivity contribution < 1.29 is 9.59 Å². The zero-order chi connectivity index (χ0) is 14.4. The molecule has 0 spiro atoms. The quantitative estimate of drug-likeness (QED) is 0.623. The first kappa shape index (κ1) is 13.6. The Balaban J connectivity index is 2.50. The Morgan fingerprint density at radius 1 is 0.950 bits per heavy atom. The largest absolute Gasteiger partial charge is 0.240 e. The molecule has 2 aromatic carbocycles. The van der Waals surface area contributed by atoms with Crippen molar-refractivity contribution in [2.24, 2.45) is 9.98 Å². The number of nitrogens with zero attached hydrogens (tertiary/aromatic N) is 2. The minimum Gasteiger partial charge on any atom is -0.211 e. The van der Waals surface area contributed by atoms with E-state index in [9.17, 15) is 9.59 Å². The van der Waals surface area contributed by atoms with E-state index in [1.54, 1.807) is 12.1 Å². The van der Waals surface area contributed by atoms with E-state index < -0.39 is 0 Å². The smallest absolute Gasteiger partial charge is 0.211 e. The van der Waals surface area contributed by atoms with Crippen LogP contribution in [0.3, 0.4) is 0 Å². The lowest BCUT2D eigenvalue weighted by molar-refractivity contribution is 0.564. The van der Waals surface area contributed by atoms with Crippen LogP contribution in [0.25, 0.3) is 0 Å². The average molecular weight is 264 g/mol. The Bertz CT molecular complexity index is 698. The van der Waals surface area contributed by atoms with Crippen LogP contribution in [0.5, 0.6) is 0 Å². The highest BCUT2D eigenvalue weighted by Crippen LogP contribution is 2.34. The normalized spacial score (nSPS) is 11.1. The van der Waals surface area contributed by atoms with E-state index in [-0.39, 0.29) is 5.92 Å². The number of hydrogen-bond acceptors (Lipinski definition) is 4. The predicted molar refractivity (Wildman–Crippen MR) is 76.0 cm³/mol. The molecule has 1 atom stereocenters. The maximum atomic E-state index is 10.6. The first-order chi connectivity index (χ1) is 9.76. The molecular weight excluding hydrogens is 252 g/mol. The van der Waals surface area contributed by atoms with Gasteiger partial charge in [-0.05, 0) is 23.3 Å². The number of carbonyl (C=O) groups excluding carboxylic acids is 2. The SMILES string of the molecule is CC(c1ccccc1)c1ccc(N=C=O)cc1N=C=O. The minimum absolute atomic E-state index is 0.0672. The third-order valence-electron chi connectivity index (χ3n) is 3.12. The van der Waals surface area contributed by atoms with Gasteiger partial charge in [-0.25, -0.2) is 9.59 Å². The van der Waals surface area contributed by atoms with Crippen LogP contribution in [-0.2, 0) is 9.59 Å². The van der Waals surface area contributed by atoms with Crippen molar-refractivity contribution in [2.45, 2.75) is 12.8 Å². The fourth-order valence-electron chi connectivity index (χ4n) is 2.09. The van der Waals surface area contributed by atoms with Gasteiger partial charge in [-0.15, -0.1) is 0 Å². The highest BCUT2D eigenvalue weighted by molar-refractivity contribution is 5.63. The van der Waals surface area contributed by atoms with Crippen molar-refractivity contribution in [2.75, 3.05) is 0 Å². The van der Waals surface area contributed by atoms with E-state index in [0.717, 1.165) is 11.1 Å². The highest BCUT2D eigenvalue weighted by Gasteiger charge is 2.13. The van der Waals surface area contributed by atoms with Crippen molar-refractivity contribution in [3.05, 3.63) is 59.7 Å². The Morgan fingerprint density at radius 2 is 1.65 bits per heavy atom. The summed E-state index contributed by atoms with van der Waals surface area (Å²) in [5.41, 5.74) is 2.87. The molecule has 0 bridgehead atoms. The lowest BCUT2D eigenvalue weighted by Gasteiger charge is -2.14. The second-order valence-electron chi connectivity index (χ2n) is 4.28. The molecule has 0 heterocycles. The number of benzene rings is 2. The van der Waals surface area contributed by atoms with Gasteiger partial charge in [0.05, 0.1) is 11.4 Å². The van der Waals surface area contributed by atoms with E-state index in [0.29, 0.717) is 11.4 Å². The van der Waals surface area contributed by atoms with Gasteiger partial charge in [0, 0.05) is 5.92 Å². The average Bonchev–Trinajstić information content (AvgIpc) is 2.48. The first-order valence-electron chi connectivity index (χ1n) is 6.11. The molecule has 0 aliphatic rings. The number of isocyanates is 2. The van der Waals surface area contributed by atoms with Crippen molar-refractivity contribution in [3.63, 3.8) is 0 Å². The molecule has 0 aliphatic heterocycles. The maximum absolute atomic E-state index is 10.6. The van der Waals surface area contributed by atoms with Gasteiger partial charge in [0.15, 0.2) is 0 Å². The zero-order valence-electron chi connectivity index (χ0n) is 10.9. The molecule has 0 aliphatic carbocycles. The number of hydrogen-bond donors (Lipinski definition) is 0. The van der Waals surface area contributed by atoms with Crippen molar-refractivity contribution in [1.82, 2.24) is 0 Å². The number of aliphatic imine (C=N–C) groups is 2. The van der Waals surface area contributed by atoms with Gasteiger partial charge in [0.25, 0.3) is 0 Å². The summed E-state index contributed by atoms with van der Waals surface area (Å²) in [6.07, 6.45) is 3.00. The van der Waals surface area contributed by atoms with E-state index >= 15 is 0 Å². The Labute approximate surface area is 116 Å². The molecule has 0 saturated heterocycles. The minimum atomic E-state index is 0.0672. The molecule has 2 rings (SSSR count). The first-order valence-corrected chi connectivity index (χ1v) is 6.11. The Morgan fingerprint density at radius 3 is 2.30 bits per heavy atom. The highest BCUT2D eigenvalue weighted by atomic mass is 16.1. The third kappa shape index (κ3) is 2.96. The van der Waals surface area contributed by atoms with Gasteiger partial charge in [-0.1, -0.05) is 43.3 Å². The van der Waals surface area contributed by atoms with Gasteiger partial charge in [0.1, 0.15) is 0 Å². The zero-order valence-corrected chi connectivity index (χ0v) is 10.9. The molecule has 1 unspecified atom stereocenters.